The molecule has 210 valence electrons. The van der Waals surface area contributed by atoms with Gasteiger partial charge in [-0.25, -0.2) is 0 Å². The van der Waals surface area contributed by atoms with E-state index < -0.39 is 0 Å². The molecule has 0 bridgehead atoms. The van der Waals surface area contributed by atoms with Crippen LogP contribution in [0.15, 0.2) is 158 Å². The van der Waals surface area contributed by atoms with Crippen LogP contribution >= 0.6 is 11.3 Å². The third-order valence-corrected chi connectivity index (χ3v) is 10.4. The van der Waals surface area contributed by atoms with Crippen molar-refractivity contribution in [2.75, 3.05) is 0 Å². The van der Waals surface area contributed by atoms with Gasteiger partial charge in [0.1, 0.15) is 0 Å². The first-order valence-electron chi connectivity index (χ1n) is 15.4. The molecule has 0 aliphatic heterocycles. The molecule has 10 aromatic rings. The van der Waals surface area contributed by atoms with E-state index in [1.54, 1.807) is 0 Å². The lowest BCUT2D eigenvalue weighted by atomic mass is 9.99. The van der Waals surface area contributed by atoms with Gasteiger partial charge in [0.25, 0.3) is 0 Å². The molecule has 0 N–H and O–H groups in total. The van der Waals surface area contributed by atoms with Crippen molar-refractivity contribution < 1.29 is 0 Å². The molecule has 3 heteroatoms. The Morgan fingerprint density at radius 2 is 0.844 bits per heavy atom. The van der Waals surface area contributed by atoms with Gasteiger partial charge in [0.2, 0.25) is 0 Å². The van der Waals surface area contributed by atoms with E-state index in [0.29, 0.717) is 0 Å². The predicted molar refractivity (Wildman–Crippen MR) is 193 cm³/mol. The Hall–Kier alpha value is -5.64. The highest BCUT2D eigenvalue weighted by atomic mass is 32.1. The summed E-state index contributed by atoms with van der Waals surface area (Å²) in [6, 6.07) is 57.6. The molecule has 45 heavy (non-hydrogen) atoms. The summed E-state index contributed by atoms with van der Waals surface area (Å²) < 4.78 is 7.43. The Balaban J connectivity index is 1.23. The average Bonchev–Trinajstić information content (AvgIpc) is 3.76. The largest absolute Gasteiger partial charge is 0.309 e. The van der Waals surface area contributed by atoms with Crippen molar-refractivity contribution in [1.29, 1.82) is 0 Å². The van der Waals surface area contributed by atoms with E-state index in [1.165, 1.54) is 86.3 Å². The second-order valence-corrected chi connectivity index (χ2v) is 12.8. The molecule has 2 nitrogen and oxygen atoms in total. The van der Waals surface area contributed by atoms with Crippen LogP contribution in [0.3, 0.4) is 0 Å². The highest BCUT2D eigenvalue weighted by Gasteiger charge is 2.18. The molecule has 3 heterocycles. The lowest BCUT2D eigenvalue weighted by Crippen LogP contribution is -1.92. The van der Waals surface area contributed by atoms with Gasteiger partial charge in [-0.3, -0.25) is 0 Å². The van der Waals surface area contributed by atoms with Crippen molar-refractivity contribution in [1.82, 2.24) is 9.13 Å². The molecule has 0 amide bonds. The number of hydrogen-bond acceptors (Lipinski definition) is 1. The quantitative estimate of drug-likeness (QED) is 0.194. The van der Waals surface area contributed by atoms with Gasteiger partial charge in [-0.15, -0.1) is 11.3 Å². The minimum Gasteiger partial charge on any atom is -0.309 e. The maximum atomic E-state index is 2.42. The summed E-state index contributed by atoms with van der Waals surface area (Å²) >= 11 is 1.89. The molecular weight excluding hydrogens is 565 g/mol. The summed E-state index contributed by atoms with van der Waals surface area (Å²) in [5, 5.41) is 7.84. The lowest BCUT2D eigenvalue weighted by molar-refractivity contribution is 1.18. The molecule has 0 aliphatic carbocycles. The zero-order valence-corrected chi connectivity index (χ0v) is 25.1. The molecule has 0 spiro atoms. The molecule has 0 radical (unpaired) electrons. The molecule has 0 fully saturated rings. The number of hydrogen-bond donors (Lipinski definition) is 0. The molecule has 0 saturated heterocycles. The summed E-state index contributed by atoms with van der Waals surface area (Å²) in [6.45, 7) is 0. The van der Waals surface area contributed by atoms with Gasteiger partial charge in [0.05, 0.1) is 22.1 Å². The zero-order chi connectivity index (χ0) is 29.5. The van der Waals surface area contributed by atoms with Gasteiger partial charge < -0.3 is 9.13 Å². The summed E-state index contributed by atoms with van der Waals surface area (Å²) in [6.07, 6.45) is 0. The fraction of sp³-hybridized carbons (Fsp3) is 0. The minimum atomic E-state index is 1.18. The van der Waals surface area contributed by atoms with Crippen molar-refractivity contribution >= 4 is 75.1 Å². The van der Waals surface area contributed by atoms with Crippen LogP contribution in [0.1, 0.15) is 0 Å². The number of thiophene rings is 1. The van der Waals surface area contributed by atoms with Gasteiger partial charge in [0.15, 0.2) is 0 Å². The fourth-order valence-corrected chi connectivity index (χ4v) is 8.46. The standard InChI is InChI=1S/C42H26N2S/c1-3-11-29(12-4-1)43-35-17-9-7-15-31(35)33-25-27(19-21-37(33)43)28-20-23-39-34(26-28)42-40(45-39)24-22-38-41(42)32-16-8-10-18-36(32)44(38)30-13-5-2-6-14-30/h1-26H. The Labute approximate surface area is 263 Å². The predicted octanol–water partition coefficient (Wildman–Crippen LogP) is 11.9. The van der Waals surface area contributed by atoms with Gasteiger partial charge in [0, 0.05) is 53.1 Å². The van der Waals surface area contributed by atoms with E-state index >= 15 is 0 Å². The van der Waals surface area contributed by atoms with E-state index in [1.807, 2.05) is 11.3 Å². The van der Waals surface area contributed by atoms with E-state index in [2.05, 4.69) is 167 Å². The van der Waals surface area contributed by atoms with Crippen molar-refractivity contribution in [2.24, 2.45) is 0 Å². The maximum absolute atomic E-state index is 2.42. The van der Waals surface area contributed by atoms with Crippen LogP contribution in [-0.4, -0.2) is 9.13 Å². The number of para-hydroxylation sites is 4. The molecule has 3 aromatic heterocycles. The Kier molecular flexibility index (Phi) is 5.19. The first kappa shape index (κ1) is 24.8. The molecule has 0 saturated carbocycles. The van der Waals surface area contributed by atoms with Crippen molar-refractivity contribution in [3.05, 3.63) is 158 Å². The van der Waals surface area contributed by atoms with Crippen molar-refractivity contribution in [3.8, 4) is 22.5 Å². The zero-order valence-electron chi connectivity index (χ0n) is 24.3. The number of fused-ring (bicyclic) bond motifs is 10. The van der Waals surface area contributed by atoms with E-state index in [4.69, 9.17) is 0 Å². The lowest BCUT2D eigenvalue weighted by Gasteiger charge is -2.08. The van der Waals surface area contributed by atoms with Crippen LogP contribution in [-0.2, 0) is 0 Å². The number of rotatable bonds is 3. The van der Waals surface area contributed by atoms with E-state index in [0.717, 1.165) is 0 Å². The molecule has 0 unspecified atom stereocenters. The van der Waals surface area contributed by atoms with Gasteiger partial charge in [-0.1, -0.05) is 84.9 Å². The van der Waals surface area contributed by atoms with Crippen LogP contribution in [0.25, 0.3) is 86.3 Å². The minimum absolute atomic E-state index is 1.18. The molecule has 0 aliphatic rings. The Bertz CT molecular complexity index is 2740. The Morgan fingerprint density at radius 3 is 1.58 bits per heavy atom. The van der Waals surface area contributed by atoms with E-state index in [9.17, 15) is 0 Å². The topological polar surface area (TPSA) is 9.86 Å². The highest BCUT2D eigenvalue weighted by molar-refractivity contribution is 7.26. The third kappa shape index (κ3) is 3.56. The van der Waals surface area contributed by atoms with Crippen LogP contribution in [0.2, 0.25) is 0 Å². The number of aromatic nitrogens is 2. The number of nitrogens with zero attached hydrogens (tertiary/aromatic N) is 2. The van der Waals surface area contributed by atoms with Crippen LogP contribution in [0.5, 0.6) is 0 Å². The van der Waals surface area contributed by atoms with Crippen LogP contribution < -0.4 is 0 Å². The van der Waals surface area contributed by atoms with E-state index in [-0.39, 0.29) is 0 Å². The molecule has 10 rings (SSSR count). The highest BCUT2D eigenvalue weighted by Crippen LogP contribution is 2.44. The molecule has 7 aromatic carbocycles. The van der Waals surface area contributed by atoms with Crippen molar-refractivity contribution in [2.45, 2.75) is 0 Å². The fourth-order valence-electron chi connectivity index (χ4n) is 7.37. The third-order valence-electron chi connectivity index (χ3n) is 9.30. The van der Waals surface area contributed by atoms with Gasteiger partial charge in [-0.05, 0) is 83.9 Å². The first-order valence-corrected chi connectivity index (χ1v) is 16.2. The number of benzene rings is 7. The molecular formula is C42H26N2S. The molecule has 0 atom stereocenters. The monoisotopic (exact) mass is 590 g/mol. The normalized spacial score (nSPS) is 12.0. The Morgan fingerprint density at radius 1 is 0.333 bits per heavy atom. The van der Waals surface area contributed by atoms with Crippen LogP contribution in [0, 0.1) is 0 Å². The first-order chi connectivity index (χ1) is 22.3. The summed E-state index contributed by atoms with van der Waals surface area (Å²) in [4.78, 5) is 0. The SMILES string of the molecule is c1ccc(-n2c3ccccc3c3cc(-c4ccc5sc6ccc7c(c8ccccc8n7-c7ccccc7)c6c5c4)ccc32)cc1. The second-order valence-electron chi connectivity index (χ2n) is 11.8. The van der Waals surface area contributed by atoms with Gasteiger partial charge in [-0.2, -0.15) is 0 Å². The van der Waals surface area contributed by atoms with Gasteiger partial charge >= 0.3 is 0 Å². The van der Waals surface area contributed by atoms with Crippen LogP contribution in [0.4, 0.5) is 0 Å². The average molecular weight is 591 g/mol. The summed E-state index contributed by atoms with van der Waals surface area (Å²) in [7, 11) is 0. The smallest absolute Gasteiger partial charge is 0.0548 e. The summed E-state index contributed by atoms with van der Waals surface area (Å²) in [5.74, 6) is 0. The second kappa shape index (κ2) is 9.43. The maximum Gasteiger partial charge on any atom is 0.0548 e. The van der Waals surface area contributed by atoms with Crippen molar-refractivity contribution in [3.63, 3.8) is 0 Å². The summed E-state index contributed by atoms with van der Waals surface area (Å²) in [5.41, 5.74) is 9.78.